The number of phenolic OH excluding ortho intramolecular Hbond substituents is 2. The minimum atomic E-state index is -0.416. The van der Waals surface area contributed by atoms with E-state index < -0.39 is 5.91 Å². The Hall–Kier alpha value is -2.50. The van der Waals surface area contributed by atoms with Crippen LogP contribution in [0.4, 0.5) is 0 Å². The van der Waals surface area contributed by atoms with Crippen molar-refractivity contribution in [1.29, 1.82) is 0 Å². The van der Waals surface area contributed by atoms with Gasteiger partial charge in [-0.1, -0.05) is 0 Å². The molecule has 6 heteroatoms. The number of aromatic nitrogens is 2. The Bertz CT molecular complexity index is 552. The third kappa shape index (κ3) is 2.42. The van der Waals surface area contributed by atoms with Crippen LogP contribution in [0.3, 0.4) is 0 Å². The monoisotopic (exact) mass is 247 g/mol. The van der Waals surface area contributed by atoms with E-state index in [1.54, 1.807) is 19.3 Å². The van der Waals surface area contributed by atoms with Crippen molar-refractivity contribution in [3.8, 4) is 11.5 Å². The fraction of sp³-hybridized carbons (Fsp3) is 0.167. The Kier molecular flexibility index (Phi) is 3.18. The van der Waals surface area contributed by atoms with Crippen LogP contribution in [0.1, 0.15) is 28.9 Å². The lowest BCUT2D eigenvalue weighted by molar-refractivity contribution is 0.0937. The van der Waals surface area contributed by atoms with Crippen LogP contribution in [0.15, 0.2) is 30.6 Å². The van der Waals surface area contributed by atoms with Gasteiger partial charge in [-0.15, -0.1) is 0 Å². The summed E-state index contributed by atoms with van der Waals surface area (Å²) in [6.07, 6.45) is 3.29. The molecule has 0 bridgehead atoms. The number of carbonyl (C=O) groups is 1. The first-order chi connectivity index (χ1) is 8.58. The zero-order valence-electron chi connectivity index (χ0n) is 9.71. The number of aromatic hydroxyl groups is 2. The molecule has 0 spiro atoms. The average molecular weight is 247 g/mol. The van der Waals surface area contributed by atoms with E-state index in [-0.39, 0.29) is 23.1 Å². The van der Waals surface area contributed by atoms with Gasteiger partial charge in [0.05, 0.1) is 17.8 Å². The van der Waals surface area contributed by atoms with Gasteiger partial charge < -0.3 is 15.5 Å². The van der Waals surface area contributed by atoms with Gasteiger partial charge in [0.25, 0.3) is 5.91 Å². The molecule has 1 atom stereocenters. The van der Waals surface area contributed by atoms with Crippen molar-refractivity contribution in [1.82, 2.24) is 15.5 Å². The summed E-state index contributed by atoms with van der Waals surface area (Å²) in [7, 11) is 0. The maximum absolute atomic E-state index is 11.9. The number of hydrogen-bond donors (Lipinski definition) is 4. The van der Waals surface area contributed by atoms with Gasteiger partial charge in [0.15, 0.2) is 0 Å². The van der Waals surface area contributed by atoms with Crippen molar-refractivity contribution >= 4 is 5.91 Å². The minimum Gasteiger partial charge on any atom is -0.508 e. The van der Waals surface area contributed by atoms with Gasteiger partial charge in [0.2, 0.25) is 0 Å². The normalized spacial score (nSPS) is 12.1. The number of hydrogen-bond acceptors (Lipinski definition) is 4. The number of benzene rings is 1. The third-order valence-corrected chi connectivity index (χ3v) is 2.59. The quantitative estimate of drug-likeness (QED) is 0.657. The average Bonchev–Trinajstić information content (AvgIpc) is 2.81. The largest absolute Gasteiger partial charge is 0.508 e. The fourth-order valence-electron chi connectivity index (χ4n) is 1.57. The van der Waals surface area contributed by atoms with Crippen molar-refractivity contribution in [2.24, 2.45) is 0 Å². The lowest BCUT2D eigenvalue weighted by Gasteiger charge is -2.12. The number of aromatic amines is 1. The van der Waals surface area contributed by atoms with Crippen molar-refractivity contribution < 1.29 is 15.0 Å². The molecule has 0 radical (unpaired) electrons. The minimum absolute atomic E-state index is 0.0908. The van der Waals surface area contributed by atoms with E-state index in [1.807, 2.05) is 0 Å². The SMILES string of the molecule is CC(NC(=O)c1ccc(O)cc1O)c1cn[nH]c1. The van der Waals surface area contributed by atoms with E-state index >= 15 is 0 Å². The van der Waals surface area contributed by atoms with Gasteiger partial charge in [0.1, 0.15) is 11.5 Å². The molecule has 1 amide bonds. The Balaban J connectivity index is 2.12. The molecule has 4 N–H and O–H groups in total. The second-order valence-corrected chi connectivity index (χ2v) is 3.93. The summed E-state index contributed by atoms with van der Waals surface area (Å²) in [4.78, 5) is 11.9. The van der Waals surface area contributed by atoms with Crippen LogP contribution in [0.5, 0.6) is 11.5 Å². The molecular weight excluding hydrogens is 234 g/mol. The first-order valence-electron chi connectivity index (χ1n) is 5.39. The Labute approximate surface area is 103 Å². The molecular formula is C12H13N3O3. The number of nitrogens with zero attached hydrogens (tertiary/aromatic N) is 1. The summed E-state index contributed by atoms with van der Waals surface area (Å²) in [6, 6.07) is 3.60. The molecule has 1 heterocycles. The van der Waals surface area contributed by atoms with Crippen LogP contribution < -0.4 is 5.32 Å². The molecule has 2 rings (SSSR count). The summed E-state index contributed by atoms with van der Waals surface area (Å²) < 4.78 is 0. The summed E-state index contributed by atoms with van der Waals surface area (Å²) in [5, 5.41) is 27.9. The van der Waals surface area contributed by atoms with Crippen molar-refractivity contribution in [2.75, 3.05) is 0 Å². The maximum Gasteiger partial charge on any atom is 0.255 e. The van der Waals surface area contributed by atoms with Gasteiger partial charge in [0, 0.05) is 17.8 Å². The number of nitrogens with one attached hydrogen (secondary N) is 2. The molecule has 0 aliphatic rings. The molecule has 6 nitrogen and oxygen atoms in total. The molecule has 2 aromatic rings. The Morgan fingerprint density at radius 1 is 1.44 bits per heavy atom. The zero-order valence-corrected chi connectivity index (χ0v) is 9.71. The molecule has 1 aromatic carbocycles. The van der Waals surface area contributed by atoms with Gasteiger partial charge in [-0.25, -0.2) is 0 Å². The Morgan fingerprint density at radius 2 is 2.22 bits per heavy atom. The molecule has 18 heavy (non-hydrogen) atoms. The number of H-pyrrole nitrogens is 1. The number of carbonyl (C=O) groups excluding carboxylic acids is 1. The predicted molar refractivity (Wildman–Crippen MR) is 64.2 cm³/mol. The first kappa shape index (κ1) is 12.0. The van der Waals surface area contributed by atoms with Gasteiger partial charge in [-0.2, -0.15) is 5.10 Å². The smallest absolute Gasteiger partial charge is 0.255 e. The van der Waals surface area contributed by atoms with E-state index in [4.69, 9.17) is 5.11 Å². The summed E-state index contributed by atoms with van der Waals surface area (Å²) >= 11 is 0. The molecule has 0 saturated heterocycles. The number of phenols is 2. The molecule has 1 unspecified atom stereocenters. The molecule has 0 aliphatic heterocycles. The standard InChI is InChI=1S/C12H13N3O3/c1-7(8-5-13-14-6-8)15-12(18)10-3-2-9(16)4-11(10)17/h2-7,16-17H,1H3,(H,13,14)(H,15,18). The lowest BCUT2D eigenvalue weighted by atomic mass is 10.1. The van der Waals surface area contributed by atoms with Crippen LogP contribution in [0, 0.1) is 0 Å². The Morgan fingerprint density at radius 3 is 2.83 bits per heavy atom. The second kappa shape index (κ2) is 4.79. The van der Waals surface area contributed by atoms with Crippen LogP contribution in [-0.4, -0.2) is 26.3 Å². The van der Waals surface area contributed by atoms with Gasteiger partial charge in [-0.05, 0) is 19.1 Å². The highest BCUT2D eigenvalue weighted by molar-refractivity contribution is 5.97. The van der Waals surface area contributed by atoms with Crippen LogP contribution in [0.2, 0.25) is 0 Å². The van der Waals surface area contributed by atoms with E-state index in [2.05, 4.69) is 15.5 Å². The summed E-state index contributed by atoms with van der Waals surface area (Å²) in [6.45, 7) is 1.81. The lowest BCUT2D eigenvalue weighted by Crippen LogP contribution is -2.26. The van der Waals surface area contributed by atoms with Gasteiger partial charge in [-0.3, -0.25) is 9.89 Å². The first-order valence-corrected chi connectivity index (χ1v) is 5.39. The fourth-order valence-corrected chi connectivity index (χ4v) is 1.57. The van der Waals surface area contributed by atoms with Crippen molar-refractivity contribution in [2.45, 2.75) is 13.0 Å². The number of rotatable bonds is 3. The molecule has 94 valence electrons. The topological polar surface area (TPSA) is 98.2 Å². The van der Waals surface area contributed by atoms with E-state index in [1.165, 1.54) is 12.1 Å². The van der Waals surface area contributed by atoms with Crippen LogP contribution >= 0.6 is 0 Å². The van der Waals surface area contributed by atoms with Crippen molar-refractivity contribution in [3.05, 3.63) is 41.7 Å². The van der Waals surface area contributed by atoms with E-state index in [9.17, 15) is 9.90 Å². The van der Waals surface area contributed by atoms with E-state index in [0.717, 1.165) is 11.6 Å². The zero-order chi connectivity index (χ0) is 13.1. The summed E-state index contributed by atoms with van der Waals surface area (Å²) in [5.74, 6) is -0.764. The second-order valence-electron chi connectivity index (χ2n) is 3.93. The highest BCUT2D eigenvalue weighted by Crippen LogP contribution is 2.23. The van der Waals surface area contributed by atoms with Crippen LogP contribution in [-0.2, 0) is 0 Å². The molecule has 0 saturated carbocycles. The maximum atomic E-state index is 11.9. The van der Waals surface area contributed by atoms with Crippen LogP contribution in [0.25, 0.3) is 0 Å². The van der Waals surface area contributed by atoms with Crippen molar-refractivity contribution in [3.63, 3.8) is 0 Å². The molecule has 1 aromatic heterocycles. The highest BCUT2D eigenvalue weighted by Gasteiger charge is 2.15. The van der Waals surface area contributed by atoms with Gasteiger partial charge >= 0.3 is 0 Å². The number of amides is 1. The molecule has 0 fully saturated rings. The molecule has 0 aliphatic carbocycles. The highest BCUT2D eigenvalue weighted by atomic mass is 16.3. The van der Waals surface area contributed by atoms with E-state index in [0.29, 0.717) is 0 Å². The predicted octanol–water partition coefficient (Wildman–Crippen LogP) is 1.31. The third-order valence-electron chi connectivity index (χ3n) is 2.59. The summed E-state index contributed by atoms with van der Waals surface area (Å²) in [5.41, 5.74) is 0.949.